The fourth-order valence-corrected chi connectivity index (χ4v) is 4.80. The van der Waals surface area contributed by atoms with Crippen LogP contribution in [0.1, 0.15) is 57.8 Å². The van der Waals surface area contributed by atoms with Crippen LogP contribution < -0.4 is 20.4 Å². The van der Waals surface area contributed by atoms with Crippen LogP contribution in [0.3, 0.4) is 0 Å². The second kappa shape index (κ2) is 7.76. The molecule has 0 spiro atoms. The van der Waals surface area contributed by atoms with Crippen molar-refractivity contribution in [3.8, 4) is 0 Å². The normalized spacial score (nSPS) is 22.3. The second-order valence-electron chi connectivity index (χ2n) is 8.05. The van der Waals surface area contributed by atoms with Gasteiger partial charge in [-0.25, -0.2) is 0 Å². The summed E-state index contributed by atoms with van der Waals surface area (Å²) in [5, 5.41) is 0. The fourth-order valence-electron chi connectivity index (χ4n) is 4.80. The molecule has 0 aromatic heterocycles. The summed E-state index contributed by atoms with van der Waals surface area (Å²) in [4.78, 5) is 7.72. The van der Waals surface area contributed by atoms with Crippen molar-refractivity contribution in [3.05, 3.63) is 12.1 Å². The van der Waals surface area contributed by atoms with E-state index >= 15 is 0 Å². The Morgan fingerprint density at radius 1 is 0.560 bits per heavy atom. The summed E-state index contributed by atoms with van der Waals surface area (Å²) in [5.41, 5.74) is 11.7. The average molecular weight is 343 g/mol. The molecule has 0 unspecified atom stereocenters. The minimum atomic E-state index is 0.991. The lowest BCUT2D eigenvalue weighted by Crippen LogP contribution is -2.36. The molecule has 3 fully saturated rings. The molecule has 1 aromatic carbocycles. The van der Waals surface area contributed by atoms with Gasteiger partial charge >= 0.3 is 0 Å². The first-order chi connectivity index (χ1) is 12.3. The van der Waals surface area contributed by atoms with E-state index in [2.05, 4.69) is 26.8 Å². The molecule has 3 heterocycles. The largest absolute Gasteiger partial charge is 0.397 e. The highest BCUT2D eigenvalue weighted by molar-refractivity contribution is 5.87. The number of rotatable bonds is 3. The lowest BCUT2D eigenvalue weighted by Gasteiger charge is -2.38. The maximum atomic E-state index is 6.67. The van der Waals surface area contributed by atoms with Gasteiger partial charge in [0.1, 0.15) is 0 Å². The number of nitrogens with zero attached hydrogens (tertiary/aromatic N) is 3. The van der Waals surface area contributed by atoms with E-state index in [1.165, 1.54) is 101 Å². The Labute approximate surface area is 153 Å². The maximum absolute atomic E-state index is 6.67. The van der Waals surface area contributed by atoms with Crippen molar-refractivity contribution in [1.82, 2.24) is 0 Å². The number of hydrogen-bond donors (Lipinski definition) is 1. The first-order valence-electron chi connectivity index (χ1n) is 10.5. The Kier molecular flexibility index (Phi) is 5.23. The fraction of sp³-hybridized carbons (Fsp3) is 0.714. The smallest absolute Gasteiger partial charge is 0.0839 e. The van der Waals surface area contributed by atoms with Gasteiger partial charge in [-0.3, -0.25) is 0 Å². The van der Waals surface area contributed by atoms with Gasteiger partial charge < -0.3 is 20.4 Å². The Balaban J connectivity index is 1.70. The van der Waals surface area contributed by atoms with Gasteiger partial charge in [-0.2, -0.15) is 0 Å². The molecular weight excluding hydrogens is 308 g/mol. The second-order valence-corrected chi connectivity index (χ2v) is 8.05. The van der Waals surface area contributed by atoms with Gasteiger partial charge in [0.15, 0.2) is 0 Å². The van der Waals surface area contributed by atoms with Crippen LogP contribution in [0.2, 0.25) is 0 Å². The zero-order chi connectivity index (χ0) is 17.1. The topological polar surface area (TPSA) is 35.7 Å². The van der Waals surface area contributed by atoms with Gasteiger partial charge in [0.05, 0.1) is 17.1 Å². The lowest BCUT2D eigenvalue weighted by molar-refractivity contribution is 0.564. The van der Waals surface area contributed by atoms with Crippen molar-refractivity contribution in [2.24, 2.45) is 0 Å². The SMILES string of the molecule is Nc1cc(N2CCCCC2)cc(N2CCCCC2)c1N1CCCCC1. The molecule has 25 heavy (non-hydrogen) atoms. The molecule has 0 atom stereocenters. The number of piperidine rings is 3. The number of nitrogen functional groups attached to an aromatic ring is 1. The number of nitrogens with two attached hydrogens (primary N) is 1. The first-order valence-corrected chi connectivity index (χ1v) is 10.5. The zero-order valence-electron chi connectivity index (χ0n) is 15.7. The summed E-state index contributed by atoms with van der Waals surface area (Å²) in [6.45, 7) is 7.06. The first kappa shape index (κ1) is 16.9. The highest BCUT2D eigenvalue weighted by atomic mass is 15.2. The van der Waals surface area contributed by atoms with Crippen LogP contribution in [-0.2, 0) is 0 Å². The molecule has 4 rings (SSSR count). The number of anilines is 4. The van der Waals surface area contributed by atoms with Crippen LogP contribution in [0.15, 0.2) is 12.1 Å². The molecule has 1 aromatic rings. The monoisotopic (exact) mass is 342 g/mol. The van der Waals surface area contributed by atoms with E-state index in [0.717, 1.165) is 18.8 Å². The van der Waals surface area contributed by atoms with E-state index in [-0.39, 0.29) is 0 Å². The third kappa shape index (κ3) is 3.68. The minimum Gasteiger partial charge on any atom is -0.397 e. The van der Waals surface area contributed by atoms with Crippen molar-refractivity contribution in [3.63, 3.8) is 0 Å². The molecule has 4 nitrogen and oxygen atoms in total. The van der Waals surface area contributed by atoms with E-state index in [1.807, 2.05) is 0 Å². The van der Waals surface area contributed by atoms with Crippen molar-refractivity contribution in [2.45, 2.75) is 57.8 Å². The third-order valence-electron chi connectivity index (χ3n) is 6.19. The molecule has 0 saturated carbocycles. The third-order valence-corrected chi connectivity index (χ3v) is 6.19. The summed E-state index contributed by atoms with van der Waals surface area (Å²) in [6.07, 6.45) is 12.0. The number of hydrogen-bond acceptors (Lipinski definition) is 4. The van der Waals surface area contributed by atoms with E-state index in [4.69, 9.17) is 5.73 Å². The summed E-state index contributed by atoms with van der Waals surface area (Å²) < 4.78 is 0. The Morgan fingerprint density at radius 3 is 1.60 bits per heavy atom. The molecular formula is C21H34N4. The summed E-state index contributed by atoms with van der Waals surface area (Å²) in [6, 6.07) is 4.71. The average Bonchev–Trinajstić information content (AvgIpc) is 2.69. The van der Waals surface area contributed by atoms with Crippen LogP contribution in [-0.4, -0.2) is 39.3 Å². The highest BCUT2D eigenvalue weighted by Crippen LogP contribution is 2.41. The molecule has 3 aliphatic rings. The van der Waals surface area contributed by atoms with Gasteiger partial charge in [-0.1, -0.05) is 0 Å². The Hall–Kier alpha value is -1.58. The lowest BCUT2D eigenvalue weighted by atomic mass is 10.0. The van der Waals surface area contributed by atoms with Gasteiger partial charge in [0.2, 0.25) is 0 Å². The van der Waals surface area contributed by atoms with E-state index < -0.39 is 0 Å². The van der Waals surface area contributed by atoms with E-state index in [0.29, 0.717) is 0 Å². The van der Waals surface area contributed by atoms with Crippen molar-refractivity contribution in [1.29, 1.82) is 0 Å². The predicted octanol–water partition coefficient (Wildman–Crippen LogP) is 4.24. The molecule has 0 amide bonds. The maximum Gasteiger partial charge on any atom is 0.0839 e. The molecule has 0 radical (unpaired) electrons. The minimum absolute atomic E-state index is 0.991. The molecule has 2 N–H and O–H groups in total. The molecule has 0 bridgehead atoms. The van der Waals surface area contributed by atoms with Gasteiger partial charge in [-0.05, 0) is 69.9 Å². The van der Waals surface area contributed by atoms with Gasteiger partial charge in [-0.15, -0.1) is 0 Å². The highest BCUT2D eigenvalue weighted by Gasteiger charge is 2.24. The van der Waals surface area contributed by atoms with Crippen LogP contribution in [0.25, 0.3) is 0 Å². The van der Waals surface area contributed by atoms with E-state index in [1.54, 1.807) is 0 Å². The number of benzene rings is 1. The quantitative estimate of drug-likeness (QED) is 0.834. The standard InChI is InChI=1S/C21H34N4/c22-19-16-18(23-10-4-1-5-11-23)17-20(24-12-6-2-7-13-24)21(19)25-14-8-3-9-15-25/h16-17H,1-15,22H2. The van der Waals surface area contributed by atoms with Crippen molar-refractivity contribution >= 4 is 22.7 Å². The summed E-state index contributed by atoms with van der Waals surface area (Å²) in [5.74, 6) is 0. The Morgan fingerprint density at radius 2 is 1.04 bits per heavy atom. The summed E-state index contributed by atoms with van der Waals surface area (Å²) >= 11 is 0. The van der Waals surface area contributed by atoms with Crippen LogP contribution >= 0.6 is 0 Å². The van der Waals surface area contributed by atoms with Crippen molar-refractivity contribution < 1.29 is 0 Å². The van der Waals surface area contributed by atoms with Gasteiger partial charge in [0.25, 0.3) is 0 Å². The van der Waals surface area contributed by atoms with Crippen molar-refractivity contribution in [2.75, 3.05) is 59.7 Å². The van der Waals surface area contributed by atoms with Gasteiger partial charge in [0, 0.05) is 45.0 Å². The molecule has 3 saturated heterocycles. The molecule has 4 heteroatoms. The van der Waals surface area contributed by atoms with E-state index in [9.17, 15) is 0 Å². The molecule has 3 aliphatic heterocycles. The summed E-state index contributed by atoms with van der Waals surface area (Å²) in [7, 11) is 0. The van der Waals surface area contributed by atoms with Crippen LogP contribution in [0.5, 0.6) is 0 Å². The Bertz CT molecular complexity index is 568. The van der Waals surface area contributed by atoms with Crippen LogP contribution in [0.4, 0.5) is 22.7 Å². The van der Waals surface area contributed by atoms with Crippen LogP contribution in [0, 0.1) is 0 Å². The zero-order valence-corrected chi connectivity index (χ0v) is 15.7. The molecule has 138 valence electrons. The molecule has 0 aliphatic carbocycles. The predicted molar refractivity (Wildman–Crippen MR) is 109 cm³/mol.